The Morgan fingerprint density at radius 1 is 1.37 bits per heavy atom. The Morgan fingerprint density at radius 3 is 2.95 bits per heavy atom. The molecule has 1 saturated carbocycles. The van der Waals surface area contributed by atoms with Crippen LogP contribution in [0.15, 0.2) is 18.2 Å². The lowest BCUT2D eigenvalue weighted by Crippen LogP contribution is -2.06. The van der Waals surface area contributed by atoms with Crippen molar-refractivity contribution in [1.29, 1.82) is 0 Å². The number of ether oxygens (including phenoxy) is 2. The molecule has 0 heterocycles. The van der Waals surface area contributed by atoms with Gasteiger partial charge in [0.2, 0.25) is 0 Å². The van der Waals surface area contributed by atoms with E-state index < -0.39 is 0 Å². The van der Waals surface area contributed by atoms with Crippen LogP contribution in [0.5, 0.6) is 5.75 Å². The minimum absolute atomic E-state index is 0.00881. The monoisotopic (exact) mass is 264 g/mol. The first-order valence-electron chi connectivity index (χ1n) is 6.39. The fourth-order valence-corrected chi connectivity index (χ4v) is 1.54. The van der Waals surface area contributed by atoms with Crippen molar-refractivity contribution in [3.8, 4) is 17.6 Å². The highest BCUT2D eigenvalue weighted by Gasteiger charge is 2.21. The number of aliphatic hydroxyl groups excluding tert-OH is 1. The number of benzene rings is 1. The molecule has 0 saturated heterocycles. The summed E-state index contributed by atoms with van der Waals surface area (Å²) in [5, 5.41) is 8.68. The van der Waals surface area contributed by atoms with Gasteiger partial charge in [0.1, 0.15) is 11.6 Å². The van der Waals surface area contributed by atoms with Gasteiger partial charge in [-0.25, -0.2) is 4.39 Å². The standard InChI is InChI=1S/C15H17FO3/c16-14-7-6-13(3-1-2-8-17)15(9-14)19-11-18-10-12-4-5-12/h6-7,9,12,17H,2,4-5,8,10-11H2. The molecule has 1 aromatic rings. The number of hydrogen-bond acceptors (Lipinski definition) is 3. The van der Waals surface area contributed by atoms with Crippen LogP contribution < -0.4 is 4.74 Å². The van der Waals surface area contributed by atoms with E-state index in [9.17, 15) is 4.39 Å². The van der Waals surface area contributed by atoms with Gasteiger partial charge in [-0.15, -0.1) is 0 Å². The van der Waals surface area contributed by atoms with Gasteiger partial charge in [0, 0.05) is 12.5 Å². The zero-order chi connectivity index (χ0) is 13.5. The van der Waals surface area contributed by atoms with Crippen molar-refractivity contribution in [3.63, 3.8) is 0 Å². The van der Waals surface area contributed by atoms with Crippen LogP contribution in [-0.4, -0.2) is 25.1 Å². The van der Waals surface area contributed by atoms with Gasteiger partial charge in [0.25, 0.3) is 0 Å². The molecule has 0 amide bonds. The average Bonchev–Trinajstić information content (AvgIpc) is 3.21. The Hall–Kier alpha value is -1.57. The van der Waals surface area contributed by atoms with Crippen molar-refractivity contribution >= 4 is 0 Å². The number of halogens is 1. The van der Waals surface area contributed by atoms with Gasteiger partial charge in [0.05, 0.1) is 18.8 Å². The van der Waals surface area contributed by atoms with Crippen molar-refractivity contribution in [3.05, 3.63) is 29.6 Å². The largest absolute Gasteiger partial charge is 0.466 e. The molecule has 102 valence electrons. The minimum atomic E-state index is -0.370. The fourth-order valence-electron chi connectivity index (χ4n) is 1.54. The molecule has 0 bridgehead atoms. The van der Waals surface area contributed by atoms with E-state index in [0.717, 1.165) is 0 Å². The molecule has 1 fully saturated rings. The number of aliphatic hydroxyl groups is 1. The molecule has 0 unspecified atom stereocenters. The SMILES string of the molecule is OCCC#Cc1ccc(F)cc1OCOCC1CC1. The third kappa shape index (κ3) is 4.90. The second kappa shape index (κ2) is 7.13. The van der Waals surface area contributed by atoms with Gasteiger partial charge in [-0.2, -0.15) is 0 Å². The second-order valence-electron chi connectivity index (χ2n) is 4.49. The van der Waals surface area contributed by atoms with Crippen molar-refractivity contribution < 1.29 is 19.0 Å². The Balaban J connectivity index is 1.91. The summed E-state index contributed by atoms with van der Waals surface area (Å²) in [5.74, 6) is 6.31. The van der Waals surface area contributed by atoms with E-state index in [4.69, 9.17) is 14.6 Å². The summed E-state index contributed by atoms with van der Waals surface area (Å²) in [6.45, 7) is 0.810. The second-order valence-corrected chi connectivity index (χ2v) is 4.49. The molecule has 0 spiro atoms. The zero-order valence-electron chi connectivity index (χ0n) is 10.7. The topological polar surface area (TPSA) is 38.7 Å². The predicted octanol–water partition coefficient (Wildman–Crippen LogP) is 2.32. The van der Waals surface area contributed by atoms with Crippen LogP contribution in [-0.2, 0) is 4.74 Å². The van der Waals surface area contributed by atoms with Crippen molar-refractivity contribution in [1.82, 2.24) is 0 Å². The van der Waals surface area contributed by atoms with Gasteiger partial charge in [-0.3, -0.25) is 0 Å². The summed E-state index contributed by atoms with van der Waals surface area (Å²) in [6.07, 6.45) is 2.82. The van der Waals surface area contributed by atoms with Crippen molar-refractivity contribution in [2.24, 2.45) is 5.92 Å². The van der Waals surface area contributed by atoms with Gasteiger partial charge in [0.15, 0.2) is 6.79 Å². The molecular formula is C15H17FO3. The maximum Gasteiger partial charge on any atom is 0.189 e. The molecule has 1 aliphatic rings. The first kappa shape index (κ1) is 13.9. The van der Waals surface area contributed by atoms with Crippen molar-refractivity contribution in [2.75, 3.05) is 20.0 Å². The van der Waals surface area contributed by atoms with E-state index in [1.54, 1.807) is 6.07 Å². The van der Waals surface area contributed by atoms with Crippen LogP contribution in [0.4, 0.5) is 4.39 Å². The molecule has 4 heteroatoms. The lowest BCUT2D eigenvalue weighted by molar-refractivity contribution is 0.00968. The Bertz CT molecular complexity index is 472. The summed E-state index contributed by atoms with van der Waals surface area (Å²) in [6, 6.07) is 4.19. The normalized spacial score (nSPS) is 13.8. The molecule has 1 N–H and O–H groups in total. The van der Waals surface area contributed by atoms with Crippen molar-refractivity contribution in [2.45, 2.75) is 19.3 Å². The summed E-state index contributed by atoms with van der Waals surface area (Å²) in [5.41, 5.74) is 0.602. The van der Waals surface area contributed by atoms with Crippen LogP contribution in [0.3, 0.4) is 0 Å². The van der Waals surface area contributed by atoms with E-state index >= 15 is 0 Å². The summed E-state index contributed by atoms with van der Waals surface area (Å²) >= 11 is 0. The molecule has 1 aliphatic carbocycles. The molecule has 0 radical (unpaired) electrons. The van der Waals surface area contributed by atoms with Gasteiger partial charge in [-0.05, 0) is 30.9 Å². The molecular weight excluding hydrogens is 247 g/mol. The first-order chi connectivity index (χ1) is 9.29. The minimum Gasteiger partial charge on any atom is -0.466 e. The highest BCUT2D eigenvalue weighted by molar-refractivity contribution is 5.46. The van der Waals surface area contributed by atoms with Gasteiger partial charge < -0.3 is 14.6 Å². The molecule has 0 atom stereocenters. The van der Waals surface area contributed by atoms with E-state index in [1.807, 2.05) is 0 Å². The third-order valence-corrected chi connectivity index (χ3v) is 2.75. The Kier molecular flexibility index (Phi) is 5.20. The maximum absolute atomic E-state index is 13.2. The molecule has 19 heavy (non-hydrogen) atoms. The molecule has 0 aliphatic heterocycles. The van der Waals surface area contributed by atoms with Gasteiger partial charge in [-0.1, -0.05) is 11.8 Å². The Labute approximate surface area is 112 Å². The highest BCUT2D eigenvalue weighted by atomic mass is 19.1. The molecule has 0 aromatic heterocycles. The van der Waals surface area contributed by atoms with Crippen LogP contribution in [0.25, 0.3) is 0 Å². The van der Waals surface area contributed by atoms with E-state index in [-0.39, 0.29) is 19.2 Å². The number of hydrogen-bond donors (Lipinski definition) is 1. The lowest BCUT2D eigenvalue weighted by atomic mass is 10.2. The van der Waals surface area contributed by atoms with Crippen LogP contribution >= 0.6 is 0 Å². The zero-order valence-corrected chi connectivity index (χ0v) is 10.7. The van der Waals surface area contributed by atoms with Crippen LogP contribution in [0.1, 0.15) is 24.8 Å². The third-order valence-electron chi connectivity index (χ3n) is 2.75. The predicted molar refractivity (Wildman–Crippen MR) is 69.2 cm³/mol. The summed E-state index contributed by atoms with van der Waals surface area (Å²) in [7, 11) is 0. The quantitative estimate of drug-likeness (QED) is 0.487. The fraction of sp³-hybridized carbons (Fsp3) is 0.467. The number of rotatable bonds is 6. The van der Waals surface area contributed by atoms with E-state index in [2.05, 4.69) is 11.8 Å². The smallest absolute Gasteiger partial charge is 0.189 e. The average molecular weight is 264 g/mol. The highest BCUT2D eigenvalue weighted by Crippen LogP contribution is 2.28. The Morgan fingerprint density at radius 2 is 2.21 bits per heavy atom. The molecule has 3 nitrogen and oxygen atoms in total. The van der Waals surface area contributed by atoms with Crippen LogP contribution in [0, 0.1) is 23.6 Å². The maximum atomic E-state index is 13.2. The molecule has 1 aromatic carbocycles. The summed E-state index contributed by atoms with van der Waals surface area (Å²) < 4.78 is 23.9. The van der Waals surface area contributed by atoms with Crippen LogP contribution in [0.2, 0.25) is 0 Å². The van der Waals surface area contributed by atoms with E-state index in [0.29, 0.717) is 30.3 Å². The molecule has 2 rings (SSSR count). The van der Waals surface area contributed by atoms with Gasteiger partial charge >= 0.3 is 0 Å². The first-order valence-corrected chi connectivity index (χ1v) is 6.39. The van der Waals surface area contributed by atoms with E-state index in [1.165, 1.54) is 25.0 Å². The summed E-state index contributed by atoms with van der Waals surface area (Å²) in [4.78, 5) is 0. The lowest BCUT2D eigenvalue weighted by Gasteiger charge is -2.08.